The van der Waals surface area contributed by atoms with Crippen LogP contribution >= 0.6 is 0 Å². The molecule has 76 valence electrons. The highest BCUT2D eigenvalue weighted by Gasteiger charge is 2.31. The molecule has 0 amide bonds. The first-order valence-electron chi connectivity index (χ1n) is 5.07. The van der Waals surface area contributed by atoms with E-state index in [4.69, 9.17) is 5.73 Å². The van der Waals surface area contributed by atoms with Gasteiger partial charge in [-0.1, -0.05) is 26.0 Å². The summed E-state index contributed by atoms with van der Waals surface area (Å²) in [6.07, 6.45) is 0. The van der Waals surface area contributed by atoms with Crippen molar-refractivity contribution in [2.24, 2.45) is 0 Å². The zero-order valence-corrected chi connectivity index (χ0v) is 9.17. The van der Waals surface area contributed by atoms with Gasteiger partial charge in [-0.25, -0.2) is 0 Å². The van der Waals surface area contributed by atoms with Crippen LogP contribution in [0, 0.1) is 0 Å². The molecule has 0 aromatic heterocycles. The Hall–Kier alpha value is -1.02. The number of nitrogens with zero attached hydrogens (tertiary/aromatic N) is 1. The highest BCUT2D eigenvalue weighted by atomic mass is 15.1. The number of rotatable bonds is 0. The molecule has 0 fully saturated rings. The molecule has 2 N–H and O–H groups in total. The highest BCUT2D eigenvalue weighted by molar-refractivity contribution is 5.55. The second kappa shape index (κ2) is 2.99. The van der Waals surface area contributed by atoms with E-state index in [1.165, 1.54) is 11.1 Å². The van der Waals surface area contributed by atoms with Crippen molar-refractivity contribution in [2.45, 2.75) is 25.8 Å². The molecule has 2 nitrogen and oxygen atoms in total. The fourth-order valence-corrected chi connectivity index (χ4v) is 2.68. The molecule has 0 spiro atoms. The van der Waals surface area contributed by atoms with Gasteiger partial charge in [0.25, 0.3) is 0 Å². The third-order valence-corrected chi connectivity index (χ3v) is 2.97. The van der Waals surface area contributed by atoms with Gasteiger partial charge < -0.3 is 10.6 Å². The molecular weight excluding hydrogens is 172 g/mol. The molecule has 1 aliphatic heterocycles. The Morgan fingerprint density at radius 3 is 2.79 bits per heavy atom. The molecule has 2 rings (SSSR count). The Morgan fingerprint density at radius 1 is 1.36 bits per heavy atom. The van der Waals surface area contributed by atoms with Crippen molar-refractivity contribution >= 4 is 5.69 Å². The quantitative estimate of drug-likeness (QED) is 0.634. The summed E-state index contributed by atoms with van der Waals surface area (Å²) in [5.41, 5.74) is 9.89. The first-order chi connectivity index (χ1) is 6.50. The van der Waals surface area contributed by atoms with E-state index < -0.39 is 0 Å². The summed E-state index contributed by atoms with van der Waals surface area (Å²) in [4.78, 5) is 2.35. The van der Waals surface area contributed by atoms with Crippen molar-refractivity contribution < 1.29 is 0 Å². The molecule has 1 aliphatic rings. The van der Waals surface area contributed by atoms with Crippen molar-refractivity contribution in [1.29, 1.82) is 0 Å². The first-order valence-corrected chi connectivity index (χ1v) is 5.07. The van der Waals surface area contributed by atoms with Crippen LogP contribution < -0.4 is 5.73 Å². The van der Waals surface area contributed by atoms with E-state index in [9.17, 15) is 0 Å². The summed E-state index contributed by atoms with van der Waals surface area (Å²) in [6, 6.07) is 6.23. The van der Waals surface area contributed by atoms with Gasteiger partial charge in [0.2, 0.25) is 0 Å². The minimum Gasteiger partial charge on any atom is -0.398 e. The fraction of sp³-hybridized carbons (Fsp3) is 0.500. The topological polar surface area (TPSA) is 29.3 Å². The summed E-state index contributed by atoms with van der Waals surface area (Å²) >= 11 is 0. The van der Waals surface area contributed by atoms with E-state index in [-0.39, 0.29) is 5.41 Å². The maximum absolute atomic E-state index is 6.04. The monoisotopic (exact) mass is 190 g/mol. The lowest BCUT2D eigenvalue weighted by molar-refractivity contribution is 0.236. The number of hydrogen-bond donors (Lipinski definition) is 1. The molecule has 0 unspecified atom stereocenters. The third kappa shape index (κ3) is 1.40. The predicted molar refractivity (Wildman–Crippen MR) is 60.2 cm³/mol. The highest BCUT2D eigenvalue weighted by Crippen LogP contribution is 2.36. The van der Waals surface area contributed by atoms with E-state index in [0.717, 1.165) is 18.8 Å². The number of nitrogen functional groups attached to an aromatic ring is 1. The number of benzene rings is 1. The molecular formula is C12H18N2. The number of hydrogen-bond acceptors (Lipinski definition) is 2. The average Bonchev–Trinajstić information content (AvgIpc) is 2.00. The van der Waals surface area contributed by atoms with Crippen LogP contribution in [0.1, 0.15) is 25.0 Å². The lowest BCUT2D eigenvalue weighted by atomic mass is 9.77. The lowest BCUT2D eigenvalue weighted by Crippen LogP contribution is -2.40. The molecule has 2 heteroatoms. The van der Waals surface area contributed by atoms with Crippen molar-refractivity contribution in [3.05, 3.63) is 29.3 Å². The third-order valence-electron chi connectivity index (χ3n) is 2.97. The van der Waals surface area contributed by atoms with Gasteiger partial charge in [-0.05, 0) is 24.2 Å². The summed E-state index contributed by atoms with van der Waals surface area (Å²) in [5, 5.41) is 0. The lowest BCUT2D eigenvalue weighted by Gasteiger charge is -2.38. The molecule has 1 aromatic carbocycles. The second-order valence-corrected chi connectivity index (χ2v) is 4.94. The standard InChI is InChI=1S/C12H18N2/c1-12(2)8-14(3)7-9-5-4-6-10(13)11(9)12/h4-6H,7-8,13H2,1-3H3. The molecule has 14 heavy (non-hydrogen) atoms. The Bertz CT molecular complexity index is 355. The fourth-order valence-electron chi connectivity index (χ4n) is 2.68. The minimum atomic E-state index is 0.174. The number of nitrogens with two attached hydrogens (primary N) is 1. The van der Waals surface area contributed by atoms with Crippen LogP contribution in [0.15, 0.2) is 18.2 Å². The second-order valence-electron chi connectivity index (χ2n) is 4.94. The molecule has 0 atom stereocenters. The van der Waals surface area contributed by atoms with E-state index in [1.807, 2.05) is 12.1 Å². The van der Waals surface area contributed by atoms with Crippen LogP contribution in [0.4, 0.5) is 5.69 Å². The Balaban J connectivity index is 2.58. The number of anilines is 1. The molecule has 0 aliphatic carbocycles. The minimum absolute atomic E-state index is 0.174. The molecule has 0 saturated heterocycles. The zero-order valence-electron chi connectivity index (χ0n) is 9.17. The van der Waals surface area contributed by atoms with Gasteiger partial charge in [-0.3, -0.25) is 0 Å². The average molecular weight is 190 g/mol. The van der Waals surface area contributed by atoms with E-state index in [1.54, 1.807) is 0 Å². The van der Waals surface area contributed by atoms with E-state index >= 15 is 0 Å². The normalized spacial score (nSPS) is 20.5. The molecule has 0 bridgehead atoms. The van der Waals surface area contributed by atoms with Crippen molar-refractivity contribution in [1.82, 2.24) is 4.90 Å². The van der Waals surface area contributed by atoms with E-state index in [0.29, 0.717) is 0 Å². The maximum atomic E-state index is 6.04. The molecule has 1 heterocycles. The van der Waals surface area contributed by atoms with Gasteiger partial charge in [0.05, 0.1) is 0 Å². The van der Waals surface area contributed by atoms with Gasteiger partial charge >= 0.3 is 0 Å². The van der Waals surface area contributed by atoms with Crippen LogP contribution in [0.5, 0.6) is 0 Å². The van der Waals surface area contributed by atoms with Crippen molar-refractivity contribution in [2.75, 3.05) is 19.3 Å². The van der Waals surface area contributed by atoms with Gasteiger partial charge in [0.1, 0.15) is 0 Å². The van der Waals surface area contributed by atoms with Gasteiger partial charge in [-0.15, -0.1) is 0 Å². The van der Waals surface area contributed by atoms with Crippen LogP contribution in [-0.4, -0.2) is 18.5 Å². The van der Waals surface area contributed by atoms with E-state index in [2.05, 4.69) is 31.9 Å². The first kappa shape index (κ1) is 9.53. The van der Waals surface area contributed by atoms with Gasteiger partial charge in [0.15, 0.2) is 0 Å². The van der Waals surface area contributed by atoms with Crippen LogP contribution in [0.3, 0.4) is 0 Å². The zero-order chi connectivity index (χ0) is 10.3. The SMILES string of the molecule is CN1Cc2cccc(N)c2C(C)(C)C1. The Labute approximate surface area is 85.7 Å². The summed E-state index contributed by atoms with van der Waals surface area (Å²) < 4.78 is 0. The smallest absolute Gasteiger partial charge is 0.0355 e. The maximum Gasteiger partial charge on any atom is 0.0355 e. The van der Waals surface area contributed by atoms with Crippen molar-refractivity contribution in [3.8, 4) is 0 Å². The predicted octanol–water partition coefficient (Wildman–Crippen LogP) is 1.99. The molecule has 0 saturated carbocycles. The Morgan fingerprint density at radius 2 is 2.07 bits per heavy atom. The van der Waals surface area contributed by atoms with Crippen LogP contribution in [0.25, 0.3) is 0 Å². The summed E-state index contributed by atoms with van der Waals surface area (Å²) in [6.45, 7) is 6.62. The van der Waals surface area contributed by atoms with Crippen LogP contribution in [-0.2, 0) is 12.0 Å². The van der Waals surface area contributed by atoms with Gasteiger partial charge in [-0.2, -0.15) is 0 Å². The summed E-state index contributed by atoms with van der Waals surface area (Å²) in [5.74, 6) is 0. The summed E-state index contributed by atoms with van der Waals surface area (Å²) in [7, 11) is 2.16. The largest absolute Gasteiger partial charge is 0.398 e. The number of fused-ring (bicyclic) bond motifs is 1. The molecule has 0 radical (unpaired) electrons. The number of likely N-dealkylation sites (N-methyl/N-ethyl adjacent to an activating group) is 1. The van der Waals surface area contributed by atoms with Crippen molar-refractivity contribution in [3.63, 3.8) is 0 Å². The van der Waals surface area contributed by atoms with Crippen LogP contribution in [0.2, 0.25) is 0 Å². The van der Waals surface area contributed by atoms with Gasteiger partial charge in [0, 0.05) is 24.2 Å². The Kier molecular flexibility index (Phi) is 2.04. The molecule has 1 aromatic rings.